The molecule has 0 heterocycles. The minimum absolute atomic E-state index is 0.0504. The third kappa shape index (κ3) is 5.20. The first-order valence-electron chi connectivity index (χ1n) is 5.45. The Labute approximate surface area is 111 Å². The van der Waals surface area contributed by atoms with Gasteiger partial charge in [-0.2, -0.15) is 5.26 Å². The Morgan fingerprint density at radius 3 is 2.71 bits per heavy atom. The van der Waals surface area contributed by atoms with Crippen LogP contribution in [-0.4, -0.2) is 12.1 Å². The number of rotatable bonds is 4. The maximum absolute atomic E-state index is 8.53. The Morgan fingerprint density at radius 2 is 2.12 bits per heavy atom. The summed E-state index contributed by atoms with van der Waals surface area (Å²) >= 11 is 3.44. The summed E-state index contributed by atoms with van der Waals surface area (Å²) in [5.41, 5.74) is 1.10. The molecule has 0 aliphatic rings. The van der Waals surface area contributed by atoms with Crippen molar-refractivity contribution in [2.24, 2.45) is 0 Å². The minimum atomic E-state index is 0.0504. The van der Waals surface area contributed by atoms with Crippen LogP contribution in [0.2, 0.25) is 0 Å². The molecule has 0 bridgehead atoms. The van der Waals surface area contributed by atoms with Gasteiger partial charge in [0.15, 0.2) is 6.61 Å². The van der Waals surface area contributed by atoms with Crippen molar-refractivity contribution >= 4 is 15.9 Å². The molecule has 0 atom stereocenters. The number of nitrogens with zero attached hydrogens (tertiary/aromatic N) is 1. The van der Waals surface area contributed by atoms with Crippen LogP contribution in [0.5, 0.6) is 5.75 Å². The molecule has 0 saturated carbocycles. The highest BCUT2D eigenvalue weighted by Crippen LogP contribution is 2.23. The second kappa shape index (κ2) is 6.04. The summed E-state index contributed by atoms with van der Waals surface area (Å²) in [4.78, 5) is 0. The Hall–Kier alpha value is -1.05. The maximum Gasteiger partial charge on any atom is 0.174 e. The van der Waals surface area contributed by atoms with E-state index in [0.29, 0.717) is 6.54 Å². The second-order valence-electron chi connectivity index (χ2n) is 4.80. The van der Waals surface area contributed by atoms with Crippen LogP contribution >= 0.6 is 15.9 Å². The summed E-state index contributed by atoms with van der Waals surface area (Å²) in [6.45, 7) is 7.12. The lowest BCUT2D eigenvalue weighted by molar-refractivity contribution is 0.357. The summed E-state index contributed by atoms with van der Waals surface area (Å²) in [6.07, 6.45) is 0. The second-order valence-corrected chi connectivity index (χ2v) is 5.72. The Balaban J connectivity index is 2.80. The zero-order valence-electron chi connectivity index (χ0n) is 10.4. The van der Waals surface area contributed by atoms with E-state index in [2.05, 4.69) is 42.0 Å². The Kier molecular flexibility index (Phi) is 4.98. The van der Waals surface area contributed by atoms with Gasteiger partial charge < -0.3 is 10.1 Å². The molecule has 92 valence electrons. The molecular formula is C13H17BrN2O. The first kappa shape index (κ1) is 14.0. The van der Waals surface area contributed by atoms with Crippen molar-refractivity contribution in [1.82, 2.24) is 5.32 Å². The molecule has 4 heteroatoms. The number of halogens is 1. The van der Waals surface area contributed by atoms with Gasteiger partial charge >= 0.3 is 0 Å². The van der Waals surface area contributed by atoms with Crippen molar-refractivity contribution < 1.29 is 4.74 Å². The number of ether oxygens (including phenoxy) is 1. The molecule has 3 nitrogen and oxygen atoms in total. The van der Waals surface area contributed by atoms with Crippen LogP contribution in [0.4, 0.5) is 0 Å². The fourth-order valence-electron chi connectivity index (χ4n) is 1.30. The van der Waals surface area contributed by atoms with Crippen LogP contribution in [-0.2, 0) is 6.54 Å². The van der Waals surface area contributed by atoms with Crippen molar-refractivity contribution in [1.29, 1.82) is 5.26 Å². The summed E-state index contributed by atoms with van der Waals surface area (Å²) in [7, 11) is 0. The molecule has 0 fully saturated rings. The summed E-state index contributed by atoms with van der Waals surface area (Å²) in [5.74, 6) is 0.756. The van der Waals surface area contributed by atoms with Gasteiger partial charge in [-0.15, -0.1) is 0 Å². The van der Waals surface area contributed by atoms with Gasteiger partial charge in [-0.1, -0.05) is 15.9 Å². The molecule has 1 aromatic rings. The Morgan fingerprint density at radius 1 is 1.41 bits per heavy atom. The molecular weight excluding hydrogens is 280 g/mol. The Bertz CT molecular complexity index is 418. The van der Waals surface area contributed by atoms with Crippen molar-refractivity contribution in [2.75, 3.05) is 6.61 Å². The van der Waals surface area contributed by atoms with Gasteiger partial charge in [0.25, 0.3) is 0 Å². The standard InChI is InChI=1S/C13H17BrN2O/c1-13(2,3)16-9-10-8-11(14)4-5-12(10)17-7-6-15/h4-5,8,16H,7,9H2,1-3H3. The van der Waals surface area contributed by atoms with Crippen LogP contribution in [0.25, 0.3) is 0 Å². The minimum Gasteiger partial charge on any atom is -0.478 e. The maximum atomic E-state index is 8.53. The molecule has 0 unspecified atom stereocenters. The molecule has 0 spiro atoms. The number of hydrogen-bond acceptors (Lipinski definition) is 3. The third-order valence-corrected chi connectivity index (χ3v) is 2.62. The van der Waals surface area contributed by atoms with E-state index in [1.807, 2.05) is 24.3 Å². The lowest BCUT2D eigenvalue weighted by Crippen LogP contribution is -2.35. The fourth-order valence-corrected chi connectivity index (χ4v) is 1.71. The van der Waals surface area contributed by atoms with Gasteiger partial charge in [0, 0.05) is 22.1 Å². The van der Waals surface area contributed by atoms with Gasteiger partial charge in [-0.3, -0.25) is 0 Å². The number of hydrogen-bond donors (Lipinski definition) is 1. The zero-order valence-corrected chi connectivity index (χ0v) is 12.0. The molecule has 0 saturated heterocycles. The fraction of sp³-hybridized carbons (Fsp3) is 0.462. The van der Waals surface area contributed by atoms with E-state index in [4.69, 9.17) is 10.00 Å². The van der Waals surface area contributed by atoms with Crippen LogP contribution in [0.1, 0.15) is 26.3 Å². The van der Waals surface area contributed by atoms with Crippen molar-refractivity contribution in [3.8, 4) is 11.8 Å². The molecule has 0 aromatic heterocycles. The monoisotopic (exact) mass is 296 g/mol. The van der Waals surface area contributed by atoms with Gasteiger partial charge in [-0.25, -0.2) is 0 Å². The van der Waals surface area contributed by atoms with E-state index in [-0.39, 0.29) is 12.1 Å². The van der Waals surface area contributed by atoms with Gasteiger partial charge in [-0.05, 0) is 39.0 Å². The van der Waals surface area contributed by atoms with E-state index in [9.17, 15) is 0 Å². The van der Waals surface area contributed by atoms with Crippen LogP contribution < -0.4 is 10.1 Å². The topological polar surface area (TPSA) is 45.0 Å². The highest BCUT2D eigenvalue weighted by atomic mass is 79.9. The average molecular weight is 297 g/mol. The first-order valence-corrected chi connectivity index (χ1v) is 6.25. The quantitative estimate of drug-likeness (QED) is 0.928. The summed E-state index contributed by atoms with van der Waals surface area (Å²) in [6, 6.07) is 7.77. The predicted molar refractivity (Wildman–Crippen MR) is 71.8 cm³/mol. The van der Waals surface area contributed by atoms with E-state index in [1.165, 1.54) is 0 Å². The number of nitrogens with one attached hydrogen (secondary N) is 1. The highest BCUT2D eigenvalue weighted by Gasteiger charge is 2.11. The molecule has 0 aliphatic carbocycles. The van der Waals surface area contributed by atoms with Gasteiger partial charge in [0.2, 0.25) is 0 Å². The van der Waals surface area contributed by atoms with Crippen molar-refractivity contribution in [3.05, 3.63) is 28.2 Å². The van der Waals surface area contributed by atoms with Crippen molar-refractivity contribution in [3.63, 3.8) is 0 Å². The number of nitriles is 1. The zero-order chi connectivity index (χ0) is 12.9. The van der Waals surface area contributed by atoms with E-state index in [1.54, 1.807) is 0 Å². The average Bonchev–Trinajstić information content (AvgIpc) is 2.24. The molecule has 0 aliphatic heterocycles. The van der Waals surface area contributed by atoms with Crippen molar-refractivity contribution in [2.45, 2.75) is 32.9 Å². The molecule has 0 amide bonds. The lowest BCUT2D eigenvalue weighted by Gasteiger charge is -2.21. The molecule has 17 heavy (non-hydrogen) atoms. The smallest absolute Gasteiger partial charge is 0.174 e. The van der Waals surface area contributed by atoms with Crippen LogP contribution in [0.15, 0.2) is 22.7 Å². The van der Waals surface area contributed by atoms with Gasteiger partial charge in [0.1, 0.15) is 11.8 Å². The summed E-state index contributed by atoms with van der Waals surface area (Å²) < 4.78 is 6.39. The van der Waals surface area contributed by atoms with Gasteiger partial charge in [0.05, 0.1) is 0 Å². The van der Waals surface area contributed by atoms with E-state index >= 15 is 0 Å². The third-order valence-electron chi connectivity index (χ3n) is 2.12. The number of benzene rings is 1. The normalized spacial score (nSPS) is 11.0. The first-order chi connectivity index (χ1) is 7.92. The molecule has 1 rings (SSSR count). The molecule has 1 N–H and O–H groups in total. The molecule has 1 aromatic carbocycles. The molecule has 0 radical (unpaired) electrons. The highest BCUT2D eigenvalue weighted by molar-refractivity contribution is 9.10. The predicted octanol–water partition coefficient (Wildman–Crippen LogP) is 3.24. The van der Waals surface area contributed by atoms with E-state index in [0.717, 1.165) is 15.8 Å². The summed E-state index contributed by atoms with van der Waals surface area (Å²) in [5, 5.41) is 11.9. The van der Waals surface area contributed by atoms with Crippen LogP contribution in [0, 0.1) is 11.3 Å². The van der Waals surface area contributed by atoms with Crippen LogP contribution in [0.3, 0.4) is 0 Å². The van der Waals surface area contributed by atoms with E-state index < -0.39 is 0 Å². The largest absolute Gasteiger partial charge is 0.478 e. The SMILES string of the molecule is CC(C)(C)NCc1cc(Br)ccc1OCC#N. The lowest BCUT2D eigenvalue weighted by atomic mass is 10.1.